The number of carbonyl (C=O) groups excluding carboxylic acids is 2. The Labute approximate surface area is 185 Å². The minimum absolute atomic E-state index is 0. The Morgan fingerprint density at radius 3 is 1.97 bits per heavy atom. The lowest BCUT2D eigenvalue weighted by Crippen LogP contribution is -2.26. The lowest BCUT2D eigenvalue weighted by atomic mass is 10.1. The van der Waals surface area contributed by atoms with Crippen LogP contribution in [0, 0.1) is 0 Å². The van der Waals surface area contributed by atoms with Crippen LogP contribution in [0.2, 0.25) is 0 Å². The number of nitrogens with zero attached hydrogens (tertiary/aromatic N) is 1. The zero-order valence-corrected chi connectivity index (χ0v) is 13.0. The van der Waals surface area contributed by atoms with Crippen molar-refractivity contribution in [2.24, 2.45) is 7.05 Å². The van der Waals surface area contributed by atoms with Crippen LogP contribution in [0.1, 0.15) is 85.3 Å². The Hall–Kier alpha value is -2.95. The maximum absolute atomic E-state index is 12.0. The lowest BCUT2D eigenvalue weighted by molar-refractivity contribution is -0.671. The summed E-state index contributed by atoms with van der Waals surface area (Å²) in [7, 11) is 1.88. The summed E-state index contributed by atoms with van der Waals surface area (Å²) in [4.78, 5) is 26.6. The third-order valence-corrected chi connectivity index (χ3v) is 3.66. The first kappa shape index (κ1) is 37.8. The number of benzene rings is 1. The number of aromatic amines is 1. The first-order chi connectivity index (χ1) is 11.0. The minimum Gasteiger partial charge on any atom is -0.456 e. The van der Waals surface area contributed by atoms with Crippen LogP contribution in [0.4, 0.5) is 0 Å². The fourth-order valence-corrected chi connectivity index (χ4v) is 2.35. The third kappa shape index (κ3) is 8.60. The molecule has 0 bridgehead atoms. The van der Waals surface area contributed by atoms with Gasteiger partial charge in [0.2, 0.25) is 0 Å². The van der Waals surface area contributed by atoms with Crippen molar-refractivity contribution < 1.29 is 18.9 Å². The molecule has 0 radical (unpaired) electrons. The van der Waals surface area contributed by atoms with Crippen LogP contribution >= 0.6 is 0 Å². The normalized spacial score (nSPS) is 8.20. The molecular formula is C25H45N2O3+. The van der Waals surface area contributed by atoms with E-state index in [1.165, 1.54) is 6.92 Å². The summed E-state index contributed by atoms with van der Waals surface area (Å²) in [6, 6.07) is 10.8. The molecule has 0 aliphatic rings. The molecular weight excluding hydrogens is 376 g/mol. The third-order valence-electron chi connectivity index (χ3n) is 3.66. The van der Waals surface area contributed by atoms with Gasteiger partial charge in [0.05, 0.1) is 11.3 Å². The first-order valence-electron chi connectivity index (χ1n) is 7.28. The molecule has 3 aromatic rings. The lowest BCUT2D eigenvalue weighted by Gasteiger charge is -2.02. The SMILES string of the molecule is C.C.C.C.C.C.C.CC(=O)c1ccc2[nH]c(COC(=O)c3cc[n+](C)cc3)cc2c1. The molecule has 0 spiro atoms. The number of aromatic nitrogens is 2. The highest BCUT2D eigenvalue weighted by atomic mass is 16.5. The molecule has 0 saturated heterocycles. The number of aryl methyl sites for hydroxylation is 1. The fraction of sp³-hybridized carbons (Fsp3) is 0.400. The average Bonchev–Trinajstić information content (AvgIpc) is 2.95. The standard InChI is InChI=1S/C18H16N2O3.7CH4/c1-12(21)14-3-4-17-15(9-14)10-16(19-17)11-23-18(22)13-5-7-20(2)8-6-13;;;;;;;/h3-10H,11H2,1-2H3;7*1H4/p+1. The van der Waals surface area contributed by atoms with Crippen molar-refractivity contribution in [2.75, 3.05) is 0 Å². The maximum Gasteiger partial charge on any atom is 0.338 e. The molecule has 0 saturated carbocycles. The van der Waals surface area contributed by atoms with Crippen molar-refractivity contribution in [3.8, 4) is 0 Å². The van der Waals surface area contributed by atoms with Crippen LogP contribution in [-0.4, -0.2) is 16.7 Å². The summed E-state index contributed by atoms with van der Waals surface area (Å²) in [6.07, 6.45) is 3.59. The van der Waals surface area contributed by atoms with Gasteiger partial charge in [-0.3, -0.25) is 4.79 Å². The van der Waals surface area contributed by atoms with Gasteiger partial charge < -0.3 is 9.72 Å². The number of ether oxygens (including phenoxy) is 1. The molecule has 30 heavy (non-hydrogen) atoms. The molecule has 2 heterocycles. The Bertz CT molecular complexity index is 881. The smallest absolute Gasteiger partial charge is 0.338 e. The van der Waals surface area contributed by atoms with E-state index in [9.17, 15) is 9.59 Å². The van der Waals surface area contributed by atoms with Gasteiger partial charge in [-0.15, -0.1) is 0 Å². The van der Waals surface area contributed by atoms with Gasteiger partial charge in [0.1, 0.15) is 13.7 Å². The molecule has 0 unspecified atom stereocenters. The Morgan fingerprint density at radius 1 is 0.867 bits per heavy atom. The number of carbonyl (C=O) groups is 2. The highest BCUT2D eigenvalue weighted by Gasteiger charge is 2.10. The second-order valence-corrected chi connectivity index (χ2v) is 5.48. The first-order valence-corrected chi connectivity index (χ1v) is 7.28. The summed E-state index contributed by atoms with van der Waals surface area (Å²) in [5.74, 6) is -0.341. The van der Waals surface area contributed by atoms with Crippen molar-refractivity contribution >= 4 is 22.7 Å². The van der Waals surface area contributed by atoms with E-state index in [0.717, 1.165) is 16.6 Å². The zero-order valence-electron chi connectivity index (χ0n) is 13.0. The quantitative estimate of drug-likeness (QED) is 0.280. The predicted octanol–water partition coefficient (Wildman–Crippen LogP) is 7.00. The molecule has 0 amide bonds. The minimum atomic E-state index is -0.367. The molecule has 2 aromatic heterocycles. The van der Waals surface area contributed by atoms with Crippen LogP contribution in [0.5, 0.6) is 0 Å². The monoisotopic (exact) mass is 421 g/mol. The summed E-state index contributed by atoms with van der Waals surface area (Å²) in [6.45, 7) is 1.69. The van der Waals surface area contributed by atoms with E-state index >= 15 is 0 Å². The van der Waals surface area contributed by atoms with Crippen molar-refractivity contribution in [1.29, 1.82) is 0 Å². The second-order valence-electron chi connectivity index (χ2n) is 5.48. The fourth-order valence-electron chi connectivity index (χ4n) is 2.35. The summed E-state index contributed by atoms with van der Waals surface area (Å²) in [5.41, 5.74) is 2.87. The van der Waals surface area contributed by atoms with Crippen LogP contribution in [0.3, 0.4) is 0 Å². The van der Waals surface area contributed by atoms with E-state index in [-0.39, 0.29) is 70.3 Å². The van der Waals surface area contributed by atoms with E-state index < -0.39 is 0 Å². The number of ketones is 1. The zero-order chi connectivity index (χ0) is 16.4. The van der Waals surface area contributed by atoms with Crippen molar-refractivity contribution in [1.82, 2.24) is 4.98 Å². The van der Waals surface area contributed by atoms with E-state index in [2.05, 4.69) is 4.98 Å². The van der Waals surface area contributed by atoms with Crippen LogP contribution < -0.4 is 4.57 Å². The Balaban J connectivity index is -0.000000298. The molecule has 172 valence electrons. The number of esters is 1. The number of Topliss-reactive ketones (excluding diaryl/α,β-unsaturated/α-hetero) is 1. The summed E-state index contributed by atoms with van der Waals surface area (Å²) >= 11 is 0. The number of hydrogen-bond donors (Lipinski definition) is 1. The number of rotatable bonds is 4. The topological polar surface area (TPSA) is 63.0 Å². The van der Waals surface area contributed by atoms with Crippen LogP contribution in [0.25, 0.3) is 10.9 Å². The van der Waals surface area contributed by atoms with Gasteiger partial charge in [0.15, 0.2) is 18.2 Å². The molecule has 0 aliphatic heterocycles. The maximum atomic E-state index is 12.0. The number of H-pyrrole nitrogens is 1. The van der Waals surface area contributed by atoms with E-state index in [4.69, 9.17) is 4.74 Å². The molecule has 1 aromatic carbocycles. The van der Waals surface area contributed by atoms with Gasteiger partial charge in [-0.1, -0.05) is 52.0 Å². The van der Waals surface area contributed by atoms with Gasteiger partial charge >= 0.3 is 5.97 Å². The summed E-state index contributed by atoms with van der Waals surface area (Å²) in [5, 5.41) is 0.926. The highest BCUT2D eigenvalue weighted by Crippen LogP contribution is 2.18. The van der Waals surface area contributed by atoms with Crippen molar-refractivity contribution in [2.45, 2.75) is 65.5 Å². The highest BCUT2D eigenvalue weighted by molar-refractivity contribution is 5.98. The van der Waals surface area contributed by atoms with Gasteiger partial charge in [-0.25, -0.2) is 9.36 Å². The van der Waals surface area contributed by atoms with Gasteiger partial charge in [-0.2, -0.15) is 0 Å². The second kappa shape index (κ2) is 15.9. The predicted molar refractivity (Wildman–Crippen MR) is 132 cm³/mol. The largest absolute Gasteiger partial charge is 0.456 e. The molecule has 0 atom stereocenters. The van der Waals surface area contributed by atoms with Crippen molar-refractivity contribution in [3.63, 3.8) is 0 Å². The number of fused-ring (bicyclic) bond motifs is 1. The average molecular weight is 422 g/mol. The van der Waals surface area contributed by atoms with Crippen molar-refractivity contribution in [3.05, 3.63) is 65.6 Å². The number of nitrogens with one attached hydrogen (secondary N) is 1. The molecule has 3 rings (SSSR count). The molecule has 5 heteroatoms. The molecule has 1 N–H and O–H groups in total. The molecule has 0 fully saturated rings. The van der Waals surface area contributed by atoms with Gasteiger partial charge in [0.25, 0.3) is 0 Å². The van der Waals surface area contributed by atoms with Gasteiger partial charge in [-0.05, 0) is 31.2 Å². The van der Waals surface area contributed by atoms with E-state index in [1.807, 2.05) is 29.8 Å². The van der Waals surface area contributed by atoms with E-state index in [1.54, 1.807) is 30.6 Å². The summed E-state index contributed by atoms with van der Waals surface area (Å²) < 4.78 is 7.16. The molecule has 0 aliphatic carbocycles. The van der Waals surface area contributed by atoms with Crippen LogP contribution in [-0.2, 0) is 18.4 Å². The van der Waals surface area contributed by atoms with Crippen LogP contribution in [0.15, 0.2) is 48.8 Å². The molecule has 5 nitrogen and oxygen atoms in total. The van der Waals surface area contributed by atoms with Gasteiger partial charge in [0, 0.05) is 28.6 Å². The number of pyridine rings is 1. The Morgan fingerprint density at radius 2 is 1.43 bits per heavy atom. The van der Waals surface area contributed by atoms with E-state index in [0.29, 0.717) is 11.1 Å². The Kier molecular flexibility index (Phi) is 20.0. The number of hydrogen-bond acceptors (Lipinski definition) is 3.